The molecular weight excluding hydrogens is 451 g/mol. The van der Waals surface area contributed by atoms with Crippen molar-refractivity contribution in [1.29, 1.82) is 5.26 Å². The van der Waals surface area contributed by atoms with Crippen molar-refractivity contribution in [2.75, 3.05) is 18.4 Å². The van der Waals surface area contributed by atoms with Gasteiger partial charge < -0.3 is 10.6 Å². The molecule has 1 aliphatic heterocycles. The molecule has 8 nitrogen and oxygen atoms in total. The predicted molar refractivity (Wildman–Crippen MR) is 112 cm³/mol. The van der Waals surface area contributed by atoms with Crippen LogP contribution in [0.1, 0.15) is 12.0 Å². The summed E-state index contributed by atoms with van der Waals surface area (Å²) in [5.41, 5.74) is 0.562. The first-order valence-corrected chi connectivity index (χ1v) is 11.0. The molecule has 30 heavy (non-hydrogen) atoms. The van der Waals surface area contributed by atoms with E-state index in [0.717, 1.165) is 4.31 Å². The molecule has 3 rings (SSSR count). The number of hydrogen-bond donors (Lipinski definition) is 2. The second-order valence-corrected chi connectivity index (χ2v) is 9.17. The van der Waals surface area contributed by atoms with E-state index in [1.807, 2.05) is 6.07 Å². The number of hydrogen-bond acceptors (Lipinski definition) is 5. The van der Waals surface area contributed by atoms with Crippen LogP contribution in [0, 0.1) is 11.3 Å². The first kappa shape index (κ1) is 22.1. The van der Waals surface area contributed by atoms with E-state index in [1.54, 1.807) is 6.07 Å². The number of carbonyl (C=O) groups is 2. The molecule has 0 unspecified atom stereocenters. The standard InChI is InChI=1S/C19H16Cl2N4O4S/c20-13-3-6-15(21)16(9-13)24-18(26)10-17-19(27)23-7-8-25(17)30(28,29)14-4-1-12(11-22)2-5-14/h1-6,9,17H,7-8,10H2,(H,23,27)(H,24,26)/t17-/m0/s1. The van der Waals surface area contributed by atoms with E-state index in [9.17, 15) is 18.0 Å². The lowest BCUT2D eigenvalue weighted by atomic mass is 10.1. The number of nitrogens with one attached hydrogen (secondary N) is 2. The van der Waals surface area contributed by atoms with Crippen molar-refractivity contribution in [2.45, 2.75) is 17.4 Å². The quantitative estimate of drug-likeness (QED) is 0.700. The van der Waals surface area contributed by atoms with E-state index in [-0.39, 0.29) is 28.7 Å². The van der Waals surface area contributed by atoms with Crippen LogP contribution in [0.2, 0.25) is 10.0 Å². The highest BCUT2D eigenvalue weighted by atomic mass is 35.5. The summed E-state index contributed by atoms with van der Waals surface area (Å²) >= 11 is 11.9. The fourth-order valence-corrected chi connectivity index (χ4v) is 4.91. The number of anilines is 1. The highest BCUT2D eigenvalue weighted by Gasteiger charge is 2.39. The Balaban J connectivity index is 1.83. The summed E-state index contributed by atoms with van der Waals surface area (Å²) in [5, 5.41) is 14.6. The van der Waals surface area contributed by atoms with E-state index in [1.165, 1.54) is 36.4 Å². The topological polar surface area (TPSA) is 119 Å². The third-order valence-electron chi connectivity index (χ3n) is 4.45. The highest BCUT2D eigenvalue weighted by molar-refractivity contribution is 7.89. The number of piperazine rings is 1. The van der Waals surface area contributed by atoms with E-state index in [2.05, 4.69) is 10.6 Å². The van der Waals surface area contributed by atoms with Crippen LogP contribution in [-0.4, -0.2) is 43.7 Å². The lowest BCUT2D eigenvalue weighted by Crippen LogP contribution is -2.57. The van der Waals surface area contributed by atoms with Crippen molar-refractivity contribution in [1.82, 2.24) is 9.62 Å². The van der Waals surface area contributed by atoms with Gasteiger partial charge >= 0.3 is 0 Å². The molecule has 156 valence electrons. The monoisotopic (exact) mass is 466 g/mol. The lowest BCUT2D eigenvalue weighted by Gasteiger charge is -2.33. The summed E-state index contributed by atoms with van der Waals surface area (Å²) in [6.07, 6.45) is -0.413. The Labute approximate surface area is 183 Å². The number of halogens is 2. The van der Waals surface area contributed by atoms with Crippen LogP contribution in [0.15, 0.2) is 47.4 Å². The fourth-order valence-electron chi connectivity index (χ4n) is 2.98. The molecule has 2 N–H and O–H groups in total. The van der Waals surface area contributed by atoms with Crippen LogP contribution in [-0.2, 0) is 19.6 Å². The van der Waals surface area contributed by atoms with Crippen LogP contribution in [0.3, 0.4) is 0 Å². The number of amides is 2. The minimum atomic E-state index is -4.07. The van der Waals surface area contributed by atoms with Gasteiger partial charge in [-0.15, -0.1) is 0 Å². The summed E-state index contributed by atoms with van der Waals surface area (Å²) in [4.78, 5) is 24.9. The molecule has 11 heteroatoms. The van der Waals surface area contributed by atoms with Crippen molar-refractivity contribution < 1.29 is 18.0 Å². The van der Waals surface area contributed by atoms with Gasteiger partial charge in [0, 0.05) is 18.1 Å². The largest absolute Gasteiger partial charge is 0.353 e. The molecule has 1 saturated heterocycles. The molecular formula is C19H16Cl2N4O4S. The second kappa shape index (κ2) is 9.02. The SMILES string of the molecule is N#Cc1ccc(S(=O)(=O)N2CCNC(=O)[C@@H]2CC(=O)Nc2cc(Cl)ccc2Cl)cc1. The Morgan fingerprint density at radius 2 is 1.93 bits per heavy atom. The zero-order chi connectivity index (χ0) is 21.9. The van der Waals surface area contributed by atoms with E-state index < -0.39 is 34.3 Å². The fraction of sp³-hybridized carbons (Fsp3) is 0.211. The number of nitrogens with zero attached hydrogens (tertiary/aromatic N) is 2. The van der Waals surface area contributed by atoms with Gasteiger partial charge in [0.25, 0.3) is 0 Å². The zero-order valence-electron chi connectivity index (χ0n) is 15.4. The van der Waals surface area contributed by atoms with Gasteiger partial charge in [0.2, 0.25) is 21.8 Å². The minimum absolute atomic E-state index is 0.00391. The van der Waals surface area contributed by atoms with Gasteiger partial charge in [0.05, 0.1) is 33.7 Å². The van der Waals surface area contributed by atoms with Gasteiger partial charge in [-0.1, -0.05) is 23.2 Å². The molecule has 2 aromatic rings. The van der Waals surface area contributed by atoms with Crippen LogP contribution in [0.4, 0.5) is 5.69 Å². The Bertz CT molecular complexity index is 1130. The van der Waals surface area contributed by atoms with E-state index in [0.29, 0.717) is 10.6 Å². The molecule has 2 aromatic carbocycles. The van der Waals surface area contributed by atoms with Gasteiger partial charge in [0.15, 0.2) is 0 Å². The smallest absolute Gasteiger partial charge is 0.243 e. The molecule has 0 bridgehead atoms. The first-order chi connectivity index (χ1) is 14.2. The van der Waals surface area contributed by atoms with Gasteiger partial charge in [-0.05, 0) is 42.5 Å². The summed E-state index contributed by atoms with van der Waals surface area (Å²) < 4.78 is 27.1. The van der Waals surface area contributed by atoms with Crippen LogP contribution >= 0.6 is 23.2 Å². The second-order valence-electron chi connectivity index (χ2n) is 6.44. The third-order valence-corrected chi connectivity index (χ3v) is 6.94. The molecule has 0 aliphatic carbocycles. The van der Waals surface area contributed by atoms with Crippen molar-refractivity contribution in [2.24, 2.45) is 0 Å². The lowest BCUT2D eigenvalue weighted by molar-refractivity contribution is -0.130. The van der Waals surface area contributed by atoms with E-state index in [4.69, 9.17) is 28.5 Å². The van der Waals surface area contributed by atoms with Crippen LogP contribution < -0.4 is 10.6 Å². The molecule has 0 radical (unpaired) electrons. The first-order valence-electron chi connectivity index (χ1n) is 8.77. The van der Waals surface area contributed by atoms with Crippen molar-refractivity contribution in [3.63, 3.8) is 0 Å². The molecule has 1 heterocycles. The predicted octanol–water partition coefficient (Wildman–Crippen LogP) is 2.38. The number of nitriles is 1. The number of rotatable bonds is 5. The molecule has 1 atom stereocenters. The number of sulfonamides is 1. The van der Waals surface area contributed by atoms with Crippen molar-refractivity contribution in [3.05, 3.63) is 58.1 Å². The molecule has 0 aromatic heterocycles. The van der Waals surface area contributed by atoms with Gasteiger partial charge in [0.1, 0.15) is 6.04 Å². The Hall–Kier alpha value is -2.64. The summed E-state index contributed by atoms with van der Waals surface area (Å²) in [6.45, 7) is 0.122. The minimum Gasteiger partial charge on any atom is -0.353 e. The summed E-state index contributed by atoms with van der Waals surface area (Å²) in [7, 11) is -4.07. The summed E-state index contributed by atoms with van der Waals surface area (Å²) in [6, 6.07) is 10.5. The van der Waals surface area contributed by atoms with Crippen LogP contribution in [0.25, 0.3) is 0 Å². The molecule has 0 spiro atoms. The van der Waals surface area contributed by atoms with Gasteiger partial charge in [-0.3, -0.25) is 9.59 Å². The summed E-state index contributed by atoms with van der Waals surface area (Å²) in [5.74, 6) is -1.17. The molecule has 1 fully saturated rings. The highest BCUT2D eigenvalue weighted by Crippen LogP contribution is 2.27. The molecule has 0 saturated carbocycles. The molecule has 2 amide bonds. The normalized spacial score (nSPS) is 17.1. The molecule has 1 aliphatic rings. The Morgan fingerprint density at radius 3 is 2.60 bits per heavy atom. The van der Waals surface area contributed by atoms with Gasteiger partial charge in [-0.25, -0.2) is 8.42 Å². The number of carbonyl (C=O) groups excluding carboxylic acids is 2. The maximum absolute atomic E-state index is 13.1. The van der Waals surface area contributed by atoms with Crippen molar-refractivity contribution >= 4 is 50.7 Å². The van der Waals surface area contributed by atoms with Crippen molar-refractivity contribution in [3.8, 4) is 6.07 Å². The average molecular weight is 467 g/mol. The van der Waals surface area contributed by atoms with Crippen LogP contribution in [0.5, 0.6) is 0 Å². The number of benzene rings is 2. The average Bonchev–Trinajstić information content (AvgIpc) is 2.72. The zero-order valence-corrected chi connectivity index (χ0v) is 17.8. The maximum Gasteiger partial charge on any atom is 0.243 e. The Kier molecular flexibility index (Phi) is 6.63. The maximum atomic E-state index is 13.1. The Morgan fingerprint density at radius 1 is 1.23 bits per heavy atom. The van der Waals surface area contributed by atoms with Gasteiger partial charge in [-0.2, -0.15) is 9.57 Å². The van der Waals surface area contributed by atoms with E-state index >= 15 is 0 Å². The third kappa shape index (κ3) is 4.74.